The summed E-state index contributed by atoms with van der Waals surface area (Å²) in [4.78, 5) is 29.3. The topological polar surface area (TPSA) is 83.0 Å². The minimum absolute atomic E-state index is 0.00553. The lowest BCUT2D eigenvalue weighted by atomic mass is 10.2. The van der Waals surface area contributed by atoms with Gasteiger partial charge >= 0.3 is 5.97 Å². The molecule has 0 spiro atoms. The summed E-state index contributed by atoms with van der Waals surface area (Å²) in [5, 5.41) is 9.33. The molecule has 0 saturated heterocycles. The molecule has 0 amide bonds. The average molecular weight is 283 g/mol. The van der Waals surface area contributed by atoms with Gasteiger partial charge in [-0.2, -0.15) is 0 Å². The van der Waals surface area contributed by atoms with Crippen LogP contribution in [0.2, 0.25) is 5.02 Å². The van der Waals surface area contributed by atoms with Crippen LogP contribution in [0.25, 0.3) is 0 Å². The summed E-state index contributed by atoms with van der Waals surface area (Å²) in [5.74, 6) is -1.11. The second kappa shape index (κ2) is 5.24. The molecule has 92 valence electrons. The van der Waals surface area contributed by atoms with Gasteiger partial charge in [-0.1, -0.05) is 23.4 Å². The molecule has 1 aromatic heterocycles. The molecule has 2 N–H and O–H groups in total. The third-order valence-electron chi connectivity index (χ3n) is 2.06. The van der Waals surface area contributed by atoms with Crippen molar-refractivity contribution in [1.29, 1.82) is 0 Å². The number of hydrogen-bond donors (Lipinski definition) is 2. The second-order valence-electron chi connectivity index (χ2n) is 3.27. The number of halogens is 1. The number of carboxylic acids is 1. The van der Waals surface area contributed by atoms with E-state index in [2.05, 4.69) is 9.97 Å². The molecule has 2 aromatic rings. The predicted molar refractivity (Wildman–Crippen MR) is 67.4 cm³/mol. The van der Waals surface area contributed by atoms with Crippen LogP contribution in [0.3, 0.4) is 0 Å². The lowest BCUT2D eigenvalue weighted by Crippen LogP contribution is -2.08. The highest BCUT2D eigenvalue weighted by Gasteiger charge is 2.11. The van der Waals surface area contributed by atoms with Gasteiger partial charge in [0.1, 0.15) is 0 Å². The van der Waals surface area contributed by atoms with Crippen molar-refractivity contribution in [2.45, 2.75) is 9.92 Å². The van der Waals surface area contributed by atoms with Crippen molar-refractivity contribution in [3.05, 3.63) is 51.5 Å². The first-order chi connectivity index (χ1) is 8.58. The lowest BCUT2D eigenvalue weighted by molar-refractivity contribution is 0.0697. The van der Waals surface area contributed by atoms with Crippen LogP contribution in [0.15, 0.2) is 45.3 Å². The van der Waals surface area contributed by atoms with Crippen LogP contribution in [0.4, 0.5) is 0 Å². The number of aromatic nitrogens is 2. The fourth-order valence-corrected chi connectivity index (χ4v) is 2.25. The molecule has 0 aliphatic rings. The number of benzene rings is 1. The Hall–Kier alpha value is -1.79. The maximum Gasteiger partial charge on any atom is 0.337 e. The average Bonchev–Trinajstić information content (AvgIpc) is 2.34. The third-order valence-corrected chi connectivity index (χ3v) is 3.36. The van der Waals surface area contributed by atoms with Crippen molar-refractivity contribution in [1.82, 2.24) is 9.97 Å². The van der Waals surface area contributed by atoms with Crippen LogP contribution in [0.5, 0.6) is 0 Å². The number of hydrogen-bond acceptors (Lipinski definition) is 4. The smallest absolute Gasteiger partial charge is 0.337 e. The van der Waals surface area contributed by atoms with Crippen molar-refractivity contribution >= 4 is 29.3 Å². The van der Waals surface area contributed by atoms with Crippen LogP contribution in [-0.2, 0) is 0 Å². The Balaban J connectivity index is 2.36. The summed E-state index contributed by atoms with van der Waals surface area (Å²) in [5.41, 5.74) is -0.330. The zero-order valence-corrected chi connectivity index (χ0v) is 10.5. The van der Waals surface area contributed by atoms with Gasteiger partial charge in [0.05, 0.1) is 10.6 Å². The summed E-state index contributed by atoms with van der Waals surface area (Å²) in [7, 11) is 0. The van der Waals surface area contributed by atoms with Crippen molar-refractivity contribution < 1.29 is 9.90 Å². The molecule has 0 bridgehead atoms. The monoisotopic (exact) mass is 282 g/mol. The normalized spacial score (nSPS) is 10.3. The van der Waals surface area contributed by atoms with Crippen LogP contribution in [0, 0.1) is 0 Å². The van der Waals surface area contributed by atoms with Gasteiger partial charge in [-0.15, -0.1) is 0 Å². The predicted octanol–water partition coefficient (Wildman–Crippen LogP) is 2.27. The van der Waals surface area contributed by atoms with Crippen molar-refractivity contribution in [2.75, 3.05) is 0 Å². The molecule has 0 fully saturated rings. The SMILES string of the molecule is O=C(O)c1cc(Sc2ncc[nH]c2=O)ccc1Cl. The molecule has 18 heavy (non-hydrogen) atoms. The van der Waals surface area contributed by atoms with Gasteiger partial charge in [0.25, 0.3) is 5.56 Å². The minimum atomic E-state index is -1.11. The van der Waals surface area contributed by atoms with E-state index in [1.807, 2.05) is 0 Å². The van der Waals surface area contributed by atoms with E-state index in [9.17, 15) is 9.59 Å². The number of aromatic amines is 1. The number of carbonyl (C=O) groups is 1. The molecule has 0 saturated carbocycles. The summed E-state index contributed by atoms with van der Waals surface area (Å²) < 4.78 is 0. The number of nitrogens with one attached hydrogen (secondary N) is 1. The van der Waals surface area contributed by atoms with Crippen LogP contribution < -0.4 is 5.56 Å². The summed E-state index contributed by atoms with van der Waals surface area (Å²) in [6.45, 7) is 0. The van der Waals surface area contributed by atoms with E-state index in [0.29, 0.717) is 4.90 Å². The molecule has 5 nitrogen and oxygen atoms in total. The lowest BCUT2D eigenvalue weighted by Gasteiger charge is -2.03. The van der Waals surface area contributed by atoms with Gasteiger partial charge in [-0.05, 0) is 18.2 Å². The van der Waals surface area contributed by atoms with E-state index in [1.54, 1.807) is 6.07 Å². The fraction of sp³-hybridized carbons (Fsp3) is 0. The largest absolute Gasteiger partial charge is 0.478 e. The number of carboxylic acid groups (broad SMARTS) is 1. The number of aromatic carboxylic acids is 1. The minimum Gasteiger partial charge on any atom is -0.478 e. The molecule has 7 heteroatoms. The molecule has 2 rings (SSSR count). The van der Waals surface area contributed by atoms with Gasteiger partial charge in [0.2, 0.25) is 0 Å². The summed E-state index contributed by atoms with van der Waals surface area (Å²) >= 11 is 6.83. The first-order valence-electron chi connectivity index (χ1n) is 4.82. The summed E-state index contributed by atoms with van der Waals surface area (Å²) in [6.07, 6.45) is 2.88. The van der Waals surface area contributed by atoms with Gasteiger partial charge in [-0.25, -0.2) is 9.78 Å². The van der Waals surface area contributed by atoms with Crippen LogP contribution in [-0.4, -0.2) is 21.0 Å². The van der Waals surface area contributed by atoms with Crippen molar-refractivity contribution in [3.63, 3.8) is 0 Å². The molecular formula is C11H7ClN2O3S. The molecule has 1 aromatic carbocycles. The van der Waals surface area contributed by atoms with Gasteiger partial charge in [0, 0.05) is 17.3 Å². The van der Waals surface area contributed by atoms with Gasteiger partial charge in [-0.3, -0.25) is 4.79 Å². The van der Waals surface area contributed by atoms with E-state index in [1.165, 1.54) is 24.5 Å². The Bertz CT molecular complexity index is 657. The molecule has 1 heterocycles. The highest BCUT2D eigenvalue weighted by atomic mass is 35.5. The van der Waals surface area contributed by atoms with Crippen LogP contribution >= 0.6 is 23.4 Å². The van der Waals surface area contributed by atoms with E-state index in [0.717, 1.165) is 11.8 Å². The summed E-state index contributed by atoms with van der Waals surface area (Å²) in [6, 6.07) is 4.52. The Morgan fingerprint density at radius 1 is 1.44 bits per heavy atom. The van der Waals surface area contributed by atoms with Gasteiger partial charge in [0.15, 0.2) is 5.03 Å². The highest BCUT2D eigenvalue weighted by Crippen LogP contribution is 2.27. The molecule has 0 atom stereocenters. The molecule has 0 aliphatic heterocycles. The Morgan fingerprint density at radius 3 is 2.89 bits per heavy atom. The van der Waals surface area contributed by atoms with Crippen molar-refractivity contribution in [3.8, 4) is 0 Å². The number of rotatable bonds is 3. The quantitative estimate of drug-likeness (QED) is 0.902. The Morgan fingerprint density at radius 2 is 2.22 bits per heavy atom. The maximum absolute atomic E-state index is 11.4. The molecule has 0 aliphatic carbocycles. The Labute approximate surface area is 111 Å². The standard InChI is InChI=1S/C11H7ClN2O3S/c12-8-2-1-6(5-7(8)11(16)17)18-10-9(15)13-3-4-14-10/h1-5H,(H,13,15)(H,16,17). The maximum atomic E-state index is 11.4. The number of nitrogens with zero attached hydrogens (tertiary/aromatic N) is 1. The third kappa shape index (κ3) is 2.72. The zero-order chi connectivity index (χ0) is 13.1. The van der Waals surface area contributed by atoms with Crippen molar-refractivity contribution in [2.24, 2.45) is 0 Å². The molecule has 0 radical (unpaired) electrons. The van der Waals surface area contributed by atoms with E-state index < -0.39 is 5.97 Å². The molecule has 0 unspecified atom stereocenters. The highest BCUT2D eigenvalue weighted by molar-refractivity contribution is 7.99. The number of H-pyrrole nitrogens is 1. The first-order valence-corrected chi connectivity index (χ1v) is 6.02. The van der Waals surface area contributed by atoms with E-state index >= 15 is 0 Å². The van der Waals surface area contributed by atoms with Gasteiger partial charge < -0.3 is 10.1 Å². The molecular weight excluding hydrogens is 276 g/mol. The van der Waals surface area contributed by atoms with E-state index in [-0.39, 0.29) is 21.2 Å². The van der Waals surface area contributed by atoms with E-state index in [4.69, 9.17) is 16.7 Å². The fourth-order valence-electron chi connectivity index (χ4n) is 1.25. The first kappa shape index (κ1) is 12.7. The zero-order valence-electron chi connectivity index (χ0n) is 8.88. The Kier molecular flexibility index (Phi) is 3.69. The van der Waals surface area contributed by atoms with Crippen LogP contribution in [0.1, 0.15) is 10.4 Å². The second-order valence-corrected chi connectivity index (χ2v) is 4.74.